The van der Waals surface area contributed by atoms with Crippen LogP contribution in [-0.2, 0) is 19.6 Å². The molecule has 1 amide bonds. The van der Waals surface area contributed by atoms with Crippen molar-refractivity contribution in [3.8, 4) is 0 Å². The minimum Gasteiger partial charge on any atom is -0.388 e. The molecule has 4 unspecified atom stereocenters. The lowest BCUT2D eigenvalue weighted by Gasteiger charge is -2.38. The predicted molar refractivity (Wildman–Crippen MR) is 107 cm³/mol. The summed E-state index contributed by atoms with van der Waals surface area (Å²) < 4.78 is 45.7. The first-order valence-corrected chi connectivity index (χ1v) is 11.5. The van der Waals surface area contributed by atoms with Crippen LogP contribution in [0.3, 0.4) is 0 Å². The zero-order valence-corrected chi connectivity index (χ0v) is 19.2. The van der Waals surface area contributed by atoms with E-state index in [1.807, 2.05) is 27.7 Å². The van der Waals surface area contributed by atoms with E-state index in [9.17, 15) is 22.7 Å². The molecule has 1 aliphatic rings. The van der Waals surface area contributed by atoms with Gasteiger partial charge in [-0.05, 0) is 33.1 Å². The summed E-state index contributed by atoms with van der Waals surface area (Å²) in [6, 6.07) is 0. The molecule has 1 heterocycles. The number of alkyl halides is 1. The lowest BCUT2D eigenvalue weighted by atomic mass is 9.90. The van der Waals surface area contributed by atoms with E-state index in [-0.39, 0.29) is 43.5 Å². The Morgan fingerprint density at radius 3 is 2.14 bits per heavy atom. The molecule has 0 bridgehead atoms. The first-order chi connectivity index (χ1) is 12.4. The second-order valence-electron chi connectivity index (χ2n) is 9.82. The highest BCUT2D eigenvalue weighted by Crippen LogP contribution is 2.26. The molecule has 9 heteroatoms. The van der Waals surface area contributed by atoms with E-state index in [2.05, 4.69) is 0 Å². The molecule has 0 saturated carbocycles. The van der Waals surface area contributed by atoms with Crippen molar-refractivity contribution in [3.63, 3.8) is 0 Å². The number of β-amino-alcohol motifs (C(OH)–C–C–N with tert-alkyl or cyclic N) is 1. The standard InChI is InChI=1S/C19H37FN2O5S/c1-13(18(2,3)4)27-14(10-22(19(5,6)7)28(8,25)26)9-17(24)21-11-15(20)16(23)12-21/h13-16,23H,9-12H2,1-8H3. The van der Waals surface area contributed by atoms with Gasteiger partial charge in [0.2, 0.25) is 15.9 Å². The number of amides is 1. The molecule has 0 aromatic heterocycles. The number of rotatable bonds is 7. The fourth-order valence-electron chi connectivity index (χ4n) is 3.01. The second-order valence-corrected chi connectivity index (χ2v) is 11.7. The Hall–Kier alpha value is -0.770. The molecule has 7 nitrogen and oxygen atoms in total. The average Bonchev–Trinajstić information content (AvgIpc) is 2.80. The monoisotopic (exact) mass is 424 g/mol. The van der Waals surface area contributed by atoms with Gasteiger partial charge < -0.3 is 14.7 Å². The SMILES string of the molecule is CC(OC(CC(=O)N1CC(O)C(F)C1)CN(C(C)(C)C)S(C)(=O)=O)C(C)(C)C. The summed E-state index contributed by atoms with van der Waals surface area (Å²) >= 11 is 0. The normalized spacial score (nSPS) is 23.9. The van der Waals surface area contributed by atoms with Crippen molar-refractivity contribution in [2.45, 2.75) is 84.9 Å². The quantitative estimate of drug-likeness (QED) is 0.673. The molecule has 4 atom stereocenters. The van der Waals surface area contributed by atoms with E-state index in [1.165, 1.54) is 9.21 Å². The molecule has 0 aromatic carbocycles. The number of carbonyl (C=O) groups is 1. The Balaban J connectivity index is 3.03. The van der Waals surface area contributed by atoms with Crippen molar-refractivity contribution in [1.82, 2.24) is 9.21 Å². The number of halogens is 1. The maximum Gasteiger partial charge on any atom is 0.225 e. The summed E-state index contributed by atoms with van der Waals surface area (Å²) in [7, 11) is -3.53. The average molecular weight is 425 g/mol. The summed E-state index contributed by atoms with van der Waals surface area (Å²) in [5, 5.41) is 9.57. The summed E-state index contributed by atoms with van der Waals surface area (Å²) in [4.78, 5) is 13.9. The van der Waals surface area contributed by atoms with E-state index < -0.39 is 33.9 Å². The molecule has 1 rings (SSSR count). The van der Waals surface area contributed by atoms with Crippen LogP contribution in [0, 0.1) is 5.41 Å². The van der Waals surface area contributed by atoms with Crippen LogP contribution < -0.4 is 0 Å². The van der Waals surface area contributed by atoms with Gasteiger partial charge in [-0.25, -0.2) is 12.8 Å². The van der Waals surface area contributed by atoms with E-state index in [1.54, 1.807) is 20.8 Å². The third-order valence-corrected chi connectivity index (χ3v) is 6.61. The number of carbonyl (C=O) groups excluding carboxylic acids is 1. The van der Waals surface area contributed by atoms with Gasteiger partial charge in [0.1, 0.15) is 12.3 Å². The van der Waals surface area contributed by atoms with Crippen LogP contribution in [0.5, 0.6) is 0 Å². The number of ether oxygens (including phenoxy) is 1. The van der Waals surface area contributed by atoms with Gasteiger partial charge in [-0.3, -0.25) is 4.79 Å². The number of hydrogen-bond acceptors (Lipinski definition) is 5. The molecular formula is C19H37FN2O5S. The van der Waals surface area contributed by atoms with Gasteiger partial charge in [0.15, 0.2) is 0 Å². The van der Waals surface area contributed by atoms with Gasteiger partial charge in [-0.15, -0.1) is 0 Å². The fourth-order valence-corrected chi connectivity index (χ4v) is 4.45. The van der Waals surface area contributed by atoms with Gasteiger partial charge >= 0.3 is 0 Å². The zero-order valence-electron chi connectivity index (χ0n) is 18.4. The molecule has 0 aromatic rings. The van der Waals surface area contributed by atoms with Crippen LogP contribution >= 0.6 is 0 Å². The number of sulfonamides is 1. The maximum absolute atomic E-state index is 13.6. The van der Waals surface area contributed by atoms with Gasteiger partial charge in [0.25, 0.3) is 0 Å². The highest BCUT2D eigenvalue weighted by Gasteiger charge is 2.38. The Morgan fingerprint density at radius 2 is 1.79 bits per heavy atom. The van der Waals surface area contributed by atoms with Gasteiger partial charge in [0.05, 0.1) is 31.4 Å². The fraction of sp³-hybridized carbons (Fsp3) is 0.947. The second kappa shape index (κ2) is 8.93. The lowest BCUT2D eigenvalue weighted by Crippen LogP contribution is -2.50. The van der Waals surface area contributed by atoms with Crippen molar-refractivity contribution < 1.29 is 27.4 Å². The maximum atomic E-state index is 13.6. The molecular weight excluding hydrogens is 387 g/mol. The van der Waals surface area contributed by atoms with E-state index >= 15 is 0 Å². The molecule has 1 fully saturated rings. The Bertz CT molecular complexity index is 632. The number of aliphatic hydroxyl groups is 1. The van der Waals surface area contributed by atoms with Crippen LogP contribution in [0.4, 0.5) is 4.39 Å². The third kappa shape index (κ3) is 7.24. The minimum atomic E-state index is -3.53. The Morgan fingerprint density at radius 1 is 1.25 bits per heavy atom. The molecule has 1 N–H and O–H groups in total. The summed E-state index contributed by atoms with van der Waals surface area (Å²) in [5.41, 5.74) is -0.885. The van der Waals surface area contributed by atoms with Gasteiger partial charge in [-0.2, -0.15) is 4.31 Å². The van der Waals surface area contributed by atoms with Crippen LogP contribution in [-0.4, -0.2) is 84.5 Å². The molecule has 0 spiro atoms. The van der Waals surface area contributed by atoms with E-state index in [0.717, 1.165) is 6.26 Å². The first-order valence-electron chi connectivity index (χ1n) is 9.66. The predicted octanol–water partition coefficient (Wildman–Crippen LogP) is 1.80. The molecule has 28 heavy (non-hydrogen) atoms. The smallest absolute Gasteiger partial charge is 0.225 e. The van der Waals surface area contributed by atoms with Crippen molar-refractivity contribution in [2.24, 2.45) is 5.41 Å². The summed E-state index contributed by atoms with van der Waals surface area (Å²) in [6.07, 6.45) is -2.51. The summed E-state index contributed by atoms with van der Waals surface area (Å²) in [5.74, 6) is -0.354. The van der Waals surface area contributed by atoms with Gasteiger partial charge in [-0.1, -0.05) is 20.8 Å². The molecule has 1 saturated heterocycles. The van der Waals surface area contributed by atoms with Crippen LogP contribution in [0.2, 0.25) is 0 Å². The zero-order chi connectivity index (χ0) is 22.1. The number of nitrogens with zero attached hydrogens (tertiary/aromatic N) is 2. The number of aliphatic hydroxyl groups excluding tert-OH is 1. The van der Waals surface area contributed by atoms with Gasteiger partial charge in [0, 0.05) is 18.6 Å². The van der Waals surface area contributed by atoms with Crippen molar-refractivity contribution >= 4 is 15.9 Å². The van der Waals surface area contributed by atoms with Crippen LogP contribution in [0.25, 0.3) is 0 Å². The van der Waals surface area contributed by atoms with Crippen LogP contribution in [0.1, 0.15) is 54.9 Å². The number of hydrogen-bond donors (Lipinski definition) is 1. The highest BCUT2D eigenvalue weighted by atomic mass is 32.2. The van der Waals surface area contributed by atoms with Crippen LogP contribution in [0.15, 0.2) is 0 Å². The topological polar surface area (TPSA) is 87.2 Å². The van der Waals surface area contributed by atoms with Crippen molar-refractivity contribution in [2.75, 3.05) is 25.9 Å². The Kier molecular flexibility index (Phi) is 8.06. The third-order valence-electron chi connectivity index (χ3n) is 5.11. The molecule has 1 aliphatic heterocycles. The lowest BCUT2D eigenvalue weighted by molar-refractivity contribution is -0.137. The summed E-state index contributed by atoms with van der Waals surface area (Å²) in [6.45, 7) is 13.0. The van der Waals surface area contributed by atoms with E-state index in [0.29, 0.717) is 0 Å². The largest absolute Gasteiger partial charge is 0.388 e. The molecule has 166 valence electrons. The molecule has 0 aliphatic carbocycles. The Labute approximate surface area is 169 Å². The first kappa shape index (κ1) is 25.3. The minimum absolute atomic E-state index is 0.0178. The van der Waals surface area contributed by atoms with Crippen molar-refractivity contribution in [3.05, 3.63) is 0 Å². The van der Waals surface area contributed by atoms with E-state index in [4.69, 9.17) is 4.74 Å². The van der Waals surface area contributed by atoms with Crippen molar-refractivity contribution in [1.29, 1.82) is 0 Å². The number of likely N-dealkylation sites (tertiary alicyclic amines) is 1. The highest BCUT2D eigenvalue weighted by molar-refractivity contribution is 7.88. The molecule has 0 radical (unpaired) electrons.